The number of halogens is 1. The molecule has 0 aliphatic carbocycles. The van der Waals surface area contributed by atoms with Crippen molar-refractivity contribution >= 4 is 15.9 Å². The highest BCUT2D eigenvalue weighted by molar-refractivity contribution is 9.10. The number of aryl methyl sites for hydroxylation is 1. The molecule has 0 heterocycles. The summed E-state index contributed by atoms with van der Waals surface area (Å²) < 4.78 is 12.5. The molecule has 0 unspecified atom stereocenters. The number of benzene rings is 2. The molecule has 0 spiro atoms. The normalized spacial score (nSPS) is 11.0. The second kappa shape index (κ2) is 9.80. The van der Waals surface area contributed by atoms with Crippen LogP contribution in [0.25, 0.3) is 0 Å². The van der Waals surface area contributed by atoms with E-state index in [2.05, 4.69) is 65.4 Å². The molecular formula is C20H27BrN2O2. The molecule has 136 valence electrons. The topological polar surface area (TPSA) is 33.7 Å². The number of nitrogens with zero attached hydrogens (tertiary/aromatic N) is 1. The number of hydrogen-bond donors (Lipinski definition) is 1. The van der Waals surface area contributed by atoms with Crippen LogP contribution in [-0.2, 0) is 13.2 Å². The summed E-state index contributed by atoms with van der Waals surface area (Å²) >= 11 is 3.62. The Hall–Kier alpha value is -1.56. The van der Waals surface area contributed by atoms with Crippen molar-refractivity contribution in [3.63, 3.8) is 0 Å². The molecule has 4 nitrogen and oxygen atoms in total. The van der Waals surface area contributed by atoms with Crippen LogP contribution in [-0.4, -0.2) is 39.2 Å². The van der Waals surface area contributed by atoms with Crippen LogP contribution in [0.3, 0.4) is 0 Å². The van der Waals surface area contributed by atoms with Crippen molar-refractivity contribution in [3.8, 4) is 11.5 Å². The van der Waals surface area contributed by atoms with Gasteiger partial charge in [0.2, 0.25) is 0 Å². The Bertz CT molecular complexity index is 689. The SMILES string of the molecule is COc1cc(CNCCN(C)C)cc(Br)c1OCc1ccccc1C. The molecule has 2 aromatic rings. The molecule has 0 amide bonds. The minimum atomic E-state index is 0.516. The van der Waals surface area contributed by atoms with Gasteiger partial charge in [0.1, 0.15) is 6.61 Å². The Labute approximate surface area is 159 Å². The fourth-order valence-corrected chi connectivity index (χ4v) is 3.08. The molecule has 0 saturated carbocycles. The molecule has 0 saturated heterocycles. The summed E-state index contributed by atoms with van der Waals surface area (Å²) in [7, 11) is 5.81. The molecule has 1 N–H and O–H groups in total. The van der Waals surface area contributed by atoms with Crippen molar-refractivity contribution in [2.24, 2.45) is 0 Å². The molecule has 0 atom stereocenters. The number of methoxy groups -OCH3 is 1. The number of nitrogens with one attached hydrogen (secondary N) is 1. The van der Waals surface area contributed by atoms with Gasteiger partial charge in [-0.2, -0.15) is 0 Å². The van der Waals surface area contributed by atoms with Crippen LogP contribution in [0, 0.1) is 6.92 Å². The lowest BCUT2D eigenvalue weighted by Gasteiger charge is -2.16. The van der Waals surface area contributed by atoms with Gasteiger partial charge in [0.25, 0.3) is 0 Å². The van der Waals surface area contributed by atoms with Crippen LogP contribution in [0.2, 0.25) is 0 Å². The zero-order valence-corrected chi connectivity index (χ0v) is 17.0. The largest absolute Gasteiger partial charge is 0.493 e. The summed E-state index contributed by atoms with van der Waals surface area (Å²) in [6.07, 6.45) is 0. The number of hydrogen-bond acceptors (Lipinski definition) is 4. The molecule has 0 aromatic heterocycles. The fraction of sp³-hybridized carbons (Fsp3) is 0.400. The maximum absolute atomic E-state index is 6.04. The van der Waals surface area contributed by atoms with Gasteiger partial charge in [0.05, 0.1) is 11.6 Å². The van der Waals surface area contributed by atoms with Crippen LogP contribution in [0.5, 0.6) is 11.5 Å². The lowest BCUT2D eigenvalue weighted by atomic mass is 10.1. The number of rotatable bonds is 9. The van der Waals surface area contributed by atoms with Crippen molar-refractivity contribution < 1.29 is 9.47 Å². The standard InChI is InChI=1S/C20H27BrN2O2/c1-15-7-5-6-8-17(15)14-25-20-18(21)11-16(12-19(20)24-4)13-22-9-10-23(2)3/h5-8,11-12,22H,9-10,13-14H2,1-4H3. The first-order valence-corrected chi connectivity index (χ1v) is 9.19. The molecule has 0 fully saturated rings. The third-order valence-electron chi connectivity index (χ3n) is 3.99. The maximum Gasteiger partial charge on any atom is 0.175 e. The van der Waals surface area contributed by atoms with E-state index in [1.54, 1.807) is 7.11 Å². The van der Waals surface area contributed by atoms with Gasteiger partial charge in [-0.25, -0.2) is 0 Å². The smallest absolute Gasteiger partial charge is 0.175 e. The average Bonchev–Trinajstić information content (AvgIpc) is 2.58. The Morgan fingerprint density at radius 2 is 1.92 bits per heavy atom. The van der Waals surface area contributed by atoms with E-state index in [0.29, 0.717) is 6.61 Å². The second-order valence-electron chi connectivity index (χ2n) is 6.30. The van der Waals surface area contributed by atoms with Crippen LogP contribution in [0.15, 0.2) is 40.9 Å². The lowest BCUT2D eigenvalue weighted by Crippen LogP contribution is -2.26. The summed E-state index contributed by atoms with van der Waals surface area (Å²) in [6, 6.07) is 12.3. The molecule has 2 rings (SSSR count). The summed E-state index contributed by atoms with van der Waals surface area (Å²) in [5, 5.41) is 3.44. The van der Waals surface area contributed by atoms with Crippen molar-refractivity contribution in [1.29, 1.82) is 0 Å². The molecule has 25 heavy (non-hydrogen) atoms. The Morgan fingerprint density at radius 1 is 1.16 bits per heavy atom. The van der Waals surface area contributed by atoms with Crippen LogP contribution < -0.4 is 14.8 Å². The van der Waals surface area contributed by atoms with Gasteiger partial charge in [0.15, 0.2) is 11.5 Å². The van der Waals surface area contributed by atoms with Gasteiger partial charge in [-0.05, 0) is 65.8 Å². The van der Waals surface area contributed by atoms with Crippen molar-refractivity contribution in [3.05, 3.63) is 57.6 Å². The highest BCUT2D eigenvalue weighted by Gasteiger charge is 2.12. The first kappa shape index (κ1) is 19.8. The molecule has 0 aliphatic heterocycles. The predicted molar refractivity (Wildman–Crippen MR) is 106 cm³/mol. The third kappa shape index (κ3) is 6.03. The van der Waals surface area contributed by atoms with Crippen LogP contribution >= 0.6 is 15.9 Å². The Kier molecular flexibility index (Phi) is 7.75. The summed E-state index contributed by atoms with van der Waals surface area (Å²) in [4.78, 5) is 2.16. The molecule has 0 aliphatic rings. The van der Waals surface area contributed by atoms with Gasteiger partial charge < -0.3 is 19.7 Å². The van der Waals surface area contributed by atoms with E-state index in [1.807, 2.05) is 18.2 Å². The van der Waals surface area contributed by atoms with Crippen molar-refractivity contribution in [1.82, 2.24) is 10.2 Å². The minimum Gasteiger partial charge on any atom is -0.493 e. The summed E-state index contributed by atoms with van der Waals surface area (Å²) in [6.45, 7) is 5.35. The first-order valence-electron chi connectivity index (χ1n) is 8.40. The quantitative estimate of drug-likeness (QED) is 0.638. The number of ether oxygens (including phenoxy) is 2. The van der Waals surface area contributed by atoms with Gasteiger partial charge in [-0.15, -0.1) is 0 Å². The first-order chi connectivity index (χ1) is 12.0. The number of likely N-dealkylation sites (N-methyl/N-ethyl adjacent to an activating group) is 1. The van der Waals surface area contributed by atoms with E-state index in [4.69, 9.17) is 9.47 Å². The molecule has 5 heteroatoms. The predicted octanol–water partition coefficient (Wildman–Crippen LogP) is 4.00. The van der Waals surface area contributed by atoms with Gasteiger partial charge >= 0.3 is 0 Å². The van der Waals surface area contributed by atoms with Crippen molar-refractivity contribution in [2.45, 2.75) is 20.1 Å². The monoisotopic (exact) mass is 406 g/mol. The van der Waals surface area contributed by atoms with Gasteiger partial charge in [-0.1, -0.05) is 24.3 Å². The van der Waals surface area contributed by atoms with Crippen molar-refractivity contribution in [2.75, 3.05) is 34.3 Å². The maximum atomic E-state index is 6.04. The highest BCUT2D eigenvalue weighted by Crippen LogP contribution is 2.37. The second-order valence-corrected chi connectivity index (χ2v) is 7.16. The molecular weight excluding hydrogens is 380 g/mol. The van der Waals surface area contributed by atoms with E-state index in [0.717, 1.165) is 41.2 Å². The average molecular weight is 407 g/mol. The summed E-state index contributed by atoms with van der Waals surface area (Å²) in [5.41, 5.74) is 3.55. The van der Waals surface area contributed by atoms with Crippen LogP contribution in [0.4, 0.5) is 0 Å². The Balaban J connectivity index is 2.04. The molecule has 0 radical (unpaired) electrons. The lowest BCUT2D eigenvalue weighted by molar-refractivity contribution is 0.281. The Morgan fingerprint density at radius 3 is 2.60 bits per heavy atom. The minimum absolute atomic E-state index is 0.516. The molecule has 2 aromatic carbocycles. The summed E-state index contributed by atoms with van der Waals surface area (Å²) in [5.74, 6) is 1.48. The molecule has 0 bridgehead atoms. The zero-order valence-electron chi connectivity index (χ0n) is 15.4. The van der Waals surface area contributed by atoms with E-state index < -0.39 is 0 Å². The van der Waals surface area contributed by atoms with E-state index in [1.165, 1.54) is 11.1 Å². The third-order valence-corrected chi connectivity index (χ3v) is 4.58. The van der Waals surface area contributed by atoms with E-state index in [-0.39, 0.29) is 0 Å². The zero-order chi connectivity index (χ0) is 18.2. The van der Waals surface area contributed by atoms with E-state index in [9.17, 15) is 0 Å². The highest BCUT2D eigenvalue weighted by atomic mass is 79.9. The fourth-order valence-electron chi connectivity index (χ4n) is 2.47. The van der Waals surface area contributed by atoms with E-state index >= 15 is 0 Å². The van der Waals surface area contributed by atoms with Gasteiger partial charge in [0, 0.05) is 19.6 Å². The van der Waals surface area contributed by atoms with Crippen LogP contribution in [0.1, 0.15) is 16.7 Å². The van der Waals surface area contributed by atoms with Gasteiger partial charge in [-0.3, -0.25) is 0 Å².